The summed E-state index contributed by atoms with van der Waals surface area (Å²) >= 11 is 2.16. The van der Waals surface area contributed by atoms with Crippen LogP contribution >= 0.6 is 22.6 Å². The van der Waals surface area contributed by atoms with Crippen LogP contribution in [0.2, 0.25) is 0 Å². The Bertz CT molecular complexity index is 656. The minimum atomic E-state index is -0.237. The number of hydrogen-bond donors (Lipinski definition) is 1. The minimum absolute atomic E-state index is 0.237. The third kappa shape index (κ3) is 4.56. The van der Waals surface area contributed by atoms with E-state index in [1.54, 1.807) is 18.3 Å². The van der Waals surface area contributed by atoms with Crippen LogP contribution in [-0.4, -0.2) is 18.7 Å². The van der Waals surface area contributed by atoms with Crippen LogP contribution in [0.25, 0.3) is 0 Å². The van der Waals surface area contributed by atoms with Crippen molar-refractivity contribution in [1.82, 2.24) is 5.43 Å². The molecule has 0 aromatic heterocycles. The summed E-state index contributed by atoms with van der Waals surface area (Å²) in [6.45, 7) is 2.51. The van der Waals surface area contributed by atoms with Crippen molar-refractivity contribution in [3.8, 4) is 5.75 Å². The molecule has 0 saturated heterocycles. The number of nitrogens with one attached hydrogen (secondary N) is 1. The van der Waals surface area contributed by atoms with Crippen LogP contribution in [0.1, 0.15) is 22.8 Å². The largest absolute Gasteiger partial charge is 0.493 e. The van der Waals surface area contributed by atoms with Crippen molar-refractivity contribution >= 4 is 34.7 Å². The highest BCUT2D eigenvalue weighted by Gasteiger charge is 2.04. The first-order chi connectivity index (χ1) is 10.2. The lowest BCUT2D eigenvalue weighted by atomic mass is 10.2. The highest BCUT2D eigenvalue weighted by atomic mass is 127. The van der Waals surface area contributed by atoms with Gasteiger partial charge >= 0.3 is 0 Å². The molecule has 2 aromatic rings. The van der Waals surface area contributed by atoms with Crippen molar-refractivity contribution < 1.29 is 9.53 Å². The summed E-state index contributed by atoms with van der Waals surface area (Å²) in [5.74, 6) is 0.505. The molecular formula is C16H15IN2O2. The van der Waals surface area contributed by atoms with Crippen LogP contribution in [0.5, 0.6) is 5.75 Å². The molecular weight excluding hydrogens is 379 g/mol. The first kappa shape index (κ1) is 15.5. The SMILES string of the molecule is CCOc1ccccc1/C=N\NC(=O)c1cccc(I)c1. The molecule has 2 aromatic carbocycles. The van der Waals surface area contributed by atoms with E-state index in [4.69, 9.17) is 4.74 Å². The van der Waals surface area contributed by atoms with E-state index in [0.717, 1.165) is 14.9 Å². The van der Waals surface area contributed by atoms with E-state index in [1.807, 2.05) is 43.3 Å². The maximum atomic E-state index is 11.9. The van der Waals surface area contributed by atoms with Gasteiger partial charge in [0.05, 0.1) is 12.8 Å². The molecule has 0 aliphatic heterocycles. The van der Waals surface area contributed by atoms with Gasteiger partial charge < -0.3 is 4.74 Å². The van der Waals surface area contributed by atoms with Crippen molar-refractivity contribution in [2.75, 3.05) is 6.61 Å². The Morgan fingerprint density at radius 1 is 1.29 bits per heavy atom. The lowest BCUT2D eigenvalue weighted by Gasteiger charge is -2.06. The molecule has 0 atom stereocenters. The monoisotopic (exact) mass is 394 g/mol. The normalized spacial score (nSPS) is 10.6. The second-order valence-electron chi connectivity index (χ2n) is 4.18. The zero-order chi connectivity index (χ0) is 15.1. The predicted molar refractivity (Wildman–Crippen MR) is 91.8 cm³/mol. The van der Waals surface area contributed by atoms with E-state index in [1.165, 1.54) is 0 Å². The summed E-state index contributed by atoms with van der Waals surface area (Å²) in [6.07, 6.45) is 1.58. The predicted octanol–water partition coefficient (Wildman–Crippen LogP) is 3.45. The van der Waals surface area contributed by atoms with Crippen LogP contribution in [0, 0.1) is 3.57 Å². The molecule has 0 aliphatic rings. The lowest BCUT2D eigenvalue weighted by molar-refractivity contribution is 0.0955. The first-order valence-corrected chi connectivity index (χ1v) is 7.59. The van der Waals surface area contributed by atoms with Gasteiger partial charge in [0.25, 0.3) is 5.91 Å². The molecule has 0 unspecified atom stereocenters. The number of benzene rings is 2. The van der Waals surface area contributed by atoms with Gasteiger partial charge in [-0.05, 0) is 59.8 Å². The number of para-hydroxylation sites is 1. The van der Waals surface area contributed by atoms with Crippen LogP contribution in [0.15, 0.2) is 53.6 Å². The average Bonchev–Trinajstić information content (AvgIpc) is 2.49. The zero-order valence-corrected chi connectivity index (χ0v) is 13.7. The number of nitrogens with zero attached hydrogens (tertiary/aromatic N) is 1. The number of halogens is 1. The van der Waals surface area contributed by atoms with Crippen molar-refractivity contribution in [3.05, 3.63) is 63.2 Å². The molecule has 4 nitrogen and oxygen atoms in total. The number of amides is 1. The fourth-order valence-electron chi connectivity index (χ4n) is 1.73. The second-order valence-corrected chi connectivity index (χ2v) is 5.43. The van der Waals surface area contributed by atoms with Gasteiger partial charge in [-0.15, -0.1) is 0 Å². The quantitative estimate of drug-likeness (QED) is 0.480. The molecule has 2 rings (SSSR count). The number of carbonyl (C=O) groups is 1. The Morgan fingerprint density at radius 3 is 2.86 bits per heavy atom. The number of hydrazone groups is 1. The van der Waals surface area contributed by atoms with Crippen molar-refractivity contribution in [2.45, 2.75) is 6.92 Å². The Hall–Kier alpha value is -1.89. The van der Waals surface area contributed by atoms with E-state index in [2.05, 4.69) is 33.1 Å². The summed E-state index contributed by atoms with van der Waals surface area (Å²) in [5.41, 5.74) is 3.92. The van der Waals surface area contributed by atoms with E-state index in [0.29, 0.717) is 12.2 Å². The number of carbonyl (C=O) groups excluding carboxylic acids is 1. The summed E-state index contributed by atoms with van der Waals surface area (Å²) in [4.78, 5) is 11.9. The zero-order valence-electron chi connectivity index (χ0n) is 11.5. The van der Waals surface area contributed by atoms with Gasteiger partial charge in [0.2, 0.25) is 0 Å². The van der Waals surface area contributed by atoms with Crippen LogP contribution in [0.4, 0.5) is 0 Å². The fourth-order valence-corrected chi connectivity index (χ4v) is 2.27. The van der Waals surface area contributed by atoms with E-state index in [9.17, 15) is 4.79 Å². The van der Waals surface area contributed by atoms with Gasteiger partial charge in [0.15, 0.2) is 0 Å². The van der Waals surface area contributed by atoms with Gasteiger partial charge in [-0.1, -0.05) is 18.2 Å². The van der Waals surface area contributed by atoms with E-state index >= 15 is 0 Å². The highest BCUT2D eigenvalue weighted by molar-refractivity contribution is 14.1. The molecule has 1 N–H and O–H groups in total. The molecule has 5 heteroatoms. The third-order valence-corrected chi connectivity index (χ3v) is 3.35. The molecule has 0 spiro atoms. The van der Waals surface area contributed by atoms with Crippen molar-refractivity contribution in [1.29, 1.82) is 0 Å². The van der Waals surface area contributed by atoms with Crippen molar-refractivity contribution in [2.24, 2.45) is 5.10 Å². The van der Waals surface area contributed by atoms with Gasteiger partial charge in [0.1, 0.15) is 5.75 Å². The van der Waals surface area contributed by atoms with Crippen LogP contribution < -0.4 is 10.2 Å². The third-order valence-electron chi connectivity index (χ3n) is 2.68. The van der Waals surface area contributed by atoms with Crippen LogP contribution in [-0.2, 0) is 0 Å². The molecule has 108 valence electrons. The van der Waals surface area contributed by atoms with E-state index in [-0.39, 0.29) is 5.91 Å². The molecule has 21 heavy (non-hydrogen) atoms. The summed E-state index contributed by atoms with van der Waals surface area (Å²) in [7, 11) is 0. The first-order valence-electron chi connectivity index (χ1n) is 6.51. The van der Waals surface area contributed by atoms with Gasteiger partial charge in [0, 0.05) is 14.7 Å². The number of ether oxygens (including phenoxy) is 1. The summed E-state index contributed by atoms with van der Waals surface area (Å²) < 4.78 is 6.50. The molecule has 1 amide bonds. The minimum Gasteiger partial charge on any atom is -0.493 e. The number of rotatable bonds is 5. The second kappa shape index (κ2) is 7.78. The Kier molecular flexibility index (Phi) is 5.74. The molecule has 0 aliphatic carbocycles. The van der Waals surface area contributed by atoms with Crippen LogP contribution in [0.3, 0.4) is 0 Å². The Labute approximate surface area is 137 Å². The topological polar surface area (TPSA) is 50.7 Å². The van der Waals surface area contributed by atoms with Gasteiger partial charge in [-0.3, -0.25) is 4.79 Å². The molecule has 0 fully saturated rings. The lowest BCUT2D eigenvalue weighted by Crippen LogP contribution is -2.17. The molecule has 0 saturated carbocycles. The van der Waals surface area contributed by atoms with Gasteiger partial charge in [-0.2, -0.15) is 5.10 Å². The maximum absolute atomic E-state index is 11.9. The van der Waals surface area contributed by atoms with Gasteiger partial charge in [-0.25, -0.2) is 5.43 Å². The standard InChI is InChI=1S/C16H15IN2O2/c1-2-21-15-9-4-3-6-13(15)11-18-19-16(20)12-7-5-8-14(17)10-12/h3-11H,2H2,1H3,(H,19,20)/b18-11-. The molecule has 0 radical (unpaired) electrons. The number of hydrogen-bond acceptors (Lipinski definition) is 3. The average molecular weight is 394 g/mol. The van der Waals surface area contributed by atoms with E-state index < -0.39 is 0 Å². The molecule has 0 heterocycles. The summed E-state index contributed by atoms with van der Waals surface area (Å²) in [6, 6.07) is 14.9. The van der Waals surface area contributed by atoms with Crippen molar-refractivity contribution in [3.63, 3.8) is 0 Å². The maximum Gasteiger partial charge on any atom is 0.271 e. The Balaban J connectivity index is 2.04. The highest BCUT2D eigenvalue weighted by Crippen LogP contribution is 2.15. The summed E-state index contributed by atoms with van der Waals surface area (Å²) in [5, 5.41) is 3.98. The molecule has 0 bridgehead atoms. The smallest absolute Gasteiger partial charge is 0.271 e. The Morgan fingerprint density at radius 2 is 2.10 bits per heavy atom. The fraction of sp³-hybridized carbons (Fsp3) is 0.125.